The third-order valence-electron chi connectivity index (χ3n) is 4.03. The second kappa shape index (κ2) is 7.12. The van der Waals surface area contributed by atoms with E-state index in [1.165, 1.54) is 11.8 Å². The largest absolute Gasteiger partial charge is 0.378 e. The maximum atomic E-state index is 12.5. The number of rotatable bonds is 3. The lowest BCUT2D eigenvalue weighted by Crippen LogP contribution is -2.44. The average Bonchev–Trinajstić information content (AvgIpc) is 2.53. The number of carbonyl (C=O) groups excluding carboxylic acids is 1. The number of carbonyl (C=O) groups is 1. The van der Waals surface area contributed by atoms with E-state index in [1.54, 1.807) is 0 Å². The third-order valence-corrected chi connectivity index (χ3v) is 5.11. The van der Waals surface area contributed by atoms with Crippen molar-refractivity contribution in [3.8, 4) is 6.07 Å². The highest BCUT2D eigenvalue weighted by Gasteiger charge is 2.25. The third kappa shape index (κ3) is 3.42. The summed E-state index contributed by atoms with van der Waals surface area (Å²) in [6, 6.07) is 2.23. The molecule has 0 N–H and O–H groups in total. The van der Waals surface area contributed by atoms with E-state index in [1.807, 2.05) is 32.6 Å². The van der Waals surface area contributed by atoms with Crippen molar-refractivity contribution in [2.75, 3.05) is 26.3 Å². The van der Waals surface area contributed by atoms with Gasteiger partial charge in [0.25, 0.3) is 0 Å². The first-order chi connectivity index (χ1) is 10.5. The Bertz CT molecular complexity index is 619. The lowest BCUT2D eigenvalue weighted by Gasteiger charge is -2.29. The maximum absolute atomic E-state index is 12.5. The smallest absolute Gasteiger partial charge is 0.235 e. The molecule has 6 heteroatoms. The van der Waals surface area contributed by atoms with Crippen molar-refractivity contribution in [1.82, 2.24) is 9.88 Å². The molecule has 1 aromatic heterocycles. The fraction of sp³-hybridized carbons (Fsp3) is 0.562. The van der Waals surface area contributed by atoms with Crippen molar-refractivity contribution >= 4 is 17.7 Å². The fourth-order valence-electron chi connectivity index (χ4n) is 2.39. The van der Waals surface area contributed by atoms with Crippen LogP contribution in [0, 0.1) is 32.1 Å². The lowest BCUT2D eigenvalue weighted by atomic mass is 10.1. The van der Waals surface area contributed by atoms with Gasteiger partial charge in [-0.25, -0.2) is 4.98 Å². The average molecular weight is 319 g/mol. The monoisotopic (exact) mass is 319 g/mol. The zero-order chi connectivity index (χ0) is 16.3. The number of amides is 1. The standard InChI is InChI=1S/C16H21N3O2S/c1-10-11(2)14(9-17)15(18-12(10)3)22-13(4)16(20)19-5-7-21-8-6-19/h13H,5-8H2,1-4H3/t13-/m1/s1. The Morgan fingerprint density at radius 2 is 1.95 bits per heavy atom. The summed E-state index contributed by atoms with van der Waals surface area (Å²) in [5.74, 6) is 0.0786. The van der Waals surface area contributed by atoms with Crippen LogP contribution in [0.25, 0.3) is 0 Å². The van der Waals surface area contributed by atoms with E-state index in [9.17, 15) is 10.1 Å². The zero-order valence-electron chi connectivity index (χ0n) is 13.5. The number of nitrogens with zero attached hydrogens (tertiary/aromatic N) is 3. The Balaban J connectivity index is 2.19. The van der Waals surface area contributed by atoms with Crippen LogP contribution in [0.1, 0.15) is 29.3 Å². The molecule has 0 saturated carbocycles. The number of nitriles is 1. The van der Waals surface area contributed by atoms with Crippen molar-refractivity contribution < 1.29 is 9.53 Å². The molecule has 1 fully saturated rings. The van der Waals surface area contributed by atoms with E-state index in [4.69, 9.17) is 4.74 Å². The number of hydrogen-bond donors (Lipinski definition) is 0. The zero-order valence-corrected chi connectivity index (χ0v) is 14.3. The molecular weight excluding hydrogens is 298 g/mol. The van der Waals surface area contributed by atoms with Gasteiger partial charge >= 0.3 is 0 Å². The second-order valence-corrected chi connectivity index (χ2v) is 6.77. The van der Waals surface area contributed by atoms with Crippen LogP contribution in [0.4, 0.5) is 0 Å². The Hall–Kier alpha value is -1.58. The molecule has 0 unspecified atom stereocenters. The summed E-state index contributed by atoms with van der Waals surface area (Å²) >= 11 is 1.37. The molecule has 1 aliphatic rings. The van der Waals surface area contributed by atoms with Crippen LogP contribution < -0.4 is 0 Å². The Labute approximate surface area is 135 Å². The van der Waals surface area contributed by atoms with E-state index in [0.717, 1.165) is 16.8 Å². The van der Waals surface area contributed by atoms with Gasteiger partial charge in [-0.15, -0.1) is 0 Å². The van der Waals surface area contributed by atoms with Crippen molar-refractivity contribution in [3.05, 3.63) is 22.4 Å². The van der Waals surface area contributed by atoms with Gasteiger partial charge in [0.2, 0.25) is 5.91 Å². The summed E-state index contributed by atoms with van der Waals surface area (Å²) in [5, 5.41) is 9.79. The van der Waals surface area contributed by atoms with Crippen molar-refractivity contribution in [2.24, 2.45) is 0 Å². The Kier molecular flexibility index (Phi) is 5.43. The minimum atomic E-state index is -0.265. The first kappa shape index (κ1) is 16.8. The molecule has 0 spiro atoms. The maximum Gasteiger partial charge on any atom is 0.235 e. The van der Waals surface area contributed by atoms with Gasteiger partial charge in [-0.1, -0.05) is 11.8 Å². The summed E-state index contributed by atoms with van der Waals surface area (Å²) in [4.78, 5) is 18.8. The van der Waals surface area contributed by atoms with Crippen LogP contribution in [0.2, 0.25) is 0 Å². The molecule has 22 heavy (non-hydrogen) atoms. The molecule has 5 nitrogen and oxygen atoms in total. The van der Waals surface area contributed by atoms with E-state index in [0.29, 0.717) is 36.9 Å². The Morgan fingerprint density at radius 1 is 1.32 bits per heavy atom. The summed E-state index contributed by atoms with van der Waals surface area (Å²) < 4.78 is 5.27. The van der Waals surface area contributed by atoms with E-state index in [2.05, 4.69) is 11.1 Å². The Morgan fingerprint density at radius 3 is 2.55 bits per heavy atom. The highest BCUT2D eigenvalue weighted by atomic mass is 32.2. The van der Waals surface area contributed by atoms with Gasteiger partial charge in [0.1, 0.15) is 11.1 Å². The molecule has 0 aromatic carbocycles. The number of thioether (sulfide) groups is 1. The topological polar surface area (TPSA) is 66.2 Å². The van der Waals surface area contributed by atoms with Gasteiger partial charge < -0.3 is 9.64 Å². The summed E-state index contributed by atoms with van der Waals surface area (Å²) in [6.45, 7) is 10.2. The van der Waals surface area contributed by atoms with Gasteiger partial charge in [0, 0.05) is 18.8 Å². The molecule has 2 rings (SSSR count). The SMILES string of the molecule is Cc1nc(S[C@H](C)C(=O)N2CCOCC2)c(C#N)c(C)c1C. The van der Waals surface area contributed by atoms with Gasteiger partial charge in [-0.2, -0.15) is 5.26 Å². The van der Waals surface area contributed by atoms with Crippen LogP contribution in [0.5, 0.6) is 0 Å². The number of ether oxygens (including phenoxy) is 1. The van der Waals surface area contributed by atoms with Crippen molar-refractivity contribution in [3.63, 3.8) is 0 Å². The normalized spacial score (nSPS) is 16.2. The molecule has 118 valence electrons. The first-order valence-electron chi connectivity index (χ1n) is 7.36. The van der Waals surface area contributed by atoms with Crippen LogP contribution in [0.15, 0.2) is 5.03 Å². The molecule has 0 bridgehead atoms. The first-order valence-corrected chi connectivity index (χ1v) is 8.24. The molecule has 1 amide bonds. The second-order valence-electron chi connectivity index (χ2n) is 5.44. The van der Waals surface area contributed by atoms with Crippen LogP contribution in [-0.2, 0) is 9.53 Å². The molecule has 0 aliphatic carbocycles. The minimum Gasteiger partial charge on any atom is -0.378 e. The number of aromatic nitrogens is 1. The predicted octanol–water partition coefficient (Wildman–Crippen LogP) is 2.22. The lowest BCUT2D eigenvalue weighted by molar-refractivity contribution is -0.134. The van der Waals surface area contributed by atoms with Gasteiger partial charge in [-0.3, -0.25) is 4.79 Å². The molecule has 0 radical (unpaired) electrons. The number of aryl methyl sites for hydroxylation is 1. The van der Waals surface area contributed by atoms with Gasteiger partial charge in [0.15, 0.2) is 0 Å². The number of pyridine rings is 1. The molecule has 1 saturated heterocycles. The molecule has 2 heterocycles. The van der Waals surface area contributed by atoms with Gasteiger partial charge in [0.05, 0.1) is 24.0 Å². The van der Waals surface area contributed by atoms with E-state index < -0.39 is 0 Å². The van der Waals surface area contributed by atoms with Gasteiger partial charge in [-0.05, 0) is 38.8 Å². The summed E-state index contributed by atoms with van der Waals surface area (Å²) in [7, 11) is 0. The van der Waals surface area contributed by atoms with Crippen LogP contribution in [0.3, 0.4) is 0 Å². The molecule has 1 aromatic rings. The van der Waals surface area contributed by atoms with Crippen molar-refractivity contribution in [1.29, 1.82) is 5.26 Å². The summed E-state index contributed by atoms with van der Waals surface area (Å²) in [5.41, 5.74) is 3.47. The predicted molar refractivity (Wildman–Crippen MR) is 85.9 cm³/mol. The molecule has 1 aliphatic heterocycles. The van der Waals surface area contributed by atoms with E-state index >= 15 is 0 Å². The highest BCUT2D eigenvalue weighted by molar-refractivity contribution is 8.00. The highest BCUT2D eigenvalue weighted by Crippen LogP contribution is 2.30. The van der Waals surface area contributed by atoms with Crippen molar-refractivity contribution in [2.45, 2.75) is 38.0 Å². The molecular formula is C16H21N3O2S. The number of morpholine rings is 1. The van der Waals surface area contributed by atoms with Crippen LogP contribution in [-0.4, -0.2) is 47.3 Å². The van der Waals surface area contributed by atoms with E-state index in [-0.39, 0.29) is 11.2 Å². The minimum absolute atomic E-state index is 0.0786. The molecule has 1 atom stereocenters. The quantitative estimate of drug-likeness (QED) is 0.799. The number of hydrogen-bond acceptors (Lipinski definition) is 5. The summed E-state index contributed by atoms with van der Waals surface area (Å²) in [6.07, 6.45) is 0. The van der Waals surface area contributed by atoms with Crippen LogP contribution >= 0.6 is 11.8 Å². The fourth-order valence-corrected chi connectivity index (χ4v) is 3.48.